The van der Waals surface area contributed by atoms with Gasteiger partial charge in [0.2, 0.25) is 0 Å². The summed E-state index contributed by atoms with van der Waals surface area (Å²) >= 11 is 1.81. The van der Waals surface area contributed by atoms with Crippen LogP contribution in [-0.4, -0.2) is 12.0 Å². The molecule has 16 heavy (non-hydrogen) atoms. The second kappa shape index (κ2) is 6.97. The highest BCUT2D eigenvalue weighted by Crippen LogP contribution is 2.20. The average Bonchev–Trinajstić information content (AvgIpc) is 2.29. The van der Waals surface area contributed by atoms with E-state index in [1.807, 2.05) is 11.8 Å². The molecule has 0 aliphatic heterocycles. The third kappa shape index (κ3) is 3.53. The Labute approximate surface area is 104 Å². The molecule has 1 atom stereocenters. The maximum absolute atomic E-state index is 6.14. The number of rotatable bonds is 6. The Morgan fingerprint density at radius 3 is 2.56 bits per heavy atom. The highest BCUT2D eigenvalue weighted by atomic mass is 32.2. The van der Waals surface area contributed by atoms with Gasteiger partial charge in [-0.05, 0) is 35.8 Å². The minimum atomic E-state index is 0.177. The van der Waals surface area contributed by atoms with Crippen molar-refractivity contribution in [2.24, 2.45) is 5.73 Å². The predicted octanol–water partition coefficient (Wildman–Crippen LogP) is 3.56. The molecule has 0 aromatic heterocycles. The minimum absolute atomic E-state index is 0.177. The van der Waals surface area contributed by atoms with E-state index in [2.05, 4.69) is 38.3 Å². The van der Waals surface area contributed by atoms with Crippen LogP contribution in [-0.2, 0) is 12.8 Å². The summed E-state index contributed by atoms with van der Waals surface area (Å²) in [5, 5.41) is 0. The van der Waals surface area contributed by atoms with Gasteiger partial charge in [0.1, 0.15) is 0 Å². The molecule has 0 spiro atoms. The van der Waals surface area contributed by atoms with Crippen LogP contribution in [0.25, 0.3) is 0 Å². The topological polar surface area (TPSA) is 26.0 Å². The SMILES string of the molecule is CCCc1cc(C(N)CSC)ccc1CC. The summed E-state index contributed by atoms with van der Waals surface area (Å²) in [6.45, 7) is 4.45. The zero-order chi connectivity index (χ0) is 12.0. The van der Waals surface area contributed by atoms with Crippen molar-refractivity contribution in [3.63, 3.8) is 0 Å². The predicted molar refractivity (Wildman–Crippen MR) is 75.1 cm³/mol. The van der Waals surface area contributed by atoms with Gasteiger partial charge in [-0.1, -0.05) is 38.5 Å². The van der Waals surface area contributed by atoms with Crippen LogP contribution in [0.5, 0.6) is 0 Å². The molecular weight excluding hydrogens is 214 g/mol. The van der Waals surface area contributed by atoms with Crippen LogP contribution in [0.4, 0.5) is 0 Å². The van der Waals surface area contributed by atoms with Gasteiger partial charge >= 0.3 is 0 Å². The molecule has 0 aliphatic carbocycles. The second-order valence-electron chi connectivity index (χ2n) is 4.19. The molecular formula is C14H23NS. The second-order valence-corrected chi connectivity index (χ2v) is 5.10. The van der Waals surface area contributed by atoms with Crippen molar-refractivity contribution >= 4 is 11.8 Å². The Morgan fingerprint density at radius 1 is 1.25 bits per heavy atom. The van der Waals surface area contributed by atoms with Crippen molar-refractivity contribution in [1.29, 1.82) is 0 Å². The molecule has 0 saturated carbocycles. The van der Waals surface area contributed by atoms with Gasteiger partial charge in [0.05, 0.1) is 0 Å². The maximum Gasteiger partial charge on any atom is 0.0386 e. The van der Waals surface area contributed by atoms with Crippen molar-refractivity contribution in [1.82, 2.24) is 0 Å². The Hall–Kier alpha value is -0.470. The summed E-state index contributed by atoms with van der Waals surface area (Å²) in [6.07, 6.45) is 5.60. The van der Waals surface area contributed by atoms with Gasteiger partial charge in [-0.15, -0.1) is 0 Å². The first-order chi connectivity index (χ1) is 7.72. The van der Waals surface area contributed by atoms with E-state index >= 15 is 0 Å². The number of aryl methyl sites for hydroxylation is 2. The summed E-state index contributed by atoms with van der Waals surface area (Å²) in [5.74, 6) is 0.997. The molecule has 0 radical (unpaired) electrons. The molecule has 1 aromatic rings. The molecule has 1 rings (SSSR count). The van der Waals surface area contributed by atoms with Crippen LogP contribution in [0.2, 0.25) is 0 Å². The van der Waals surface area contributed by atoms with E-state index in [0.29, 0.717) is 0 Å². The lowest BCUT2D eigenvalue weighted by Crippen LogP contribution is -2.13. The highest BCUT2D eigenvalue weighted by molar-refractivity contribution is 7.98. The van der Waals surface area contributed by atoms with Gasteiger partial charge in [-0.25, -0.2) is 0 Å². The Bertz CT molecular complexity index is 323. The normalized spacial score (nSPS) is 12.8. The van der Waals surface area contributed by atoms with E-state index in [-0.39, 0.29) is 6.04 Å². The van der Waals surface area contributed by atoms with Crippen LogP contribution in [0.1, 0.15) is 43.0 Å². The molecule has 2 N–H and O–H groups in total. The first-order valence-corrected chi connectivity index (χ1v) is 7.48. The fourth-order valence-electron chi connectivity index (χ4n) is 2.00. The summed E-state index contributed by atoms with van der Waals surface area (Å²) in [5.41, 5.74) is 10.4. The van der Waals surface area contributed by atoms with E-state index in [4.69, 9.17) is 5.73 Å². The van der Waals surface area contributed by atoms with Gasteiger partial charge in [0.15, 0.2) is 0 Å². The zero-order valence-electron chi connectivity index (χ0n) is 10.6. The summed E-state index contributed by atoms with van der Waals surface area (Å²) in [7, 11) is 0. The molecule has 1 aromatic carbocycles. The Kier molecular flexibility index (Phi) is 5.93. The van der Waals surface area contributed by atoms with Gasteiger partial charge < -0.3 is 5.73 Å². The van der Waals surface area contributed by atoms with E-state index in [9.17, 15) is 0 Å². The molecule has 90 valence electrons. The number of benzene rings is 1. The third-order valence-electron chi connectivity index (χ3n) is 2.90. The van der Waals surface area contributed by atoms with E-state index in [0.717, 1.165) is 12.2 Å². The van der Waals surface area contributed by atoms with Crippen molar-refractivity contribution in [3.8, 4) is 0 Å². The fourth-order valence-corrected chi connectivity index (χ4v) is 2.55. The average molecular weight is 237 g/mol. The maximum atomic E-state index is 6.14. The Balaban J connectivity index is 2.91. The lowest BCUT2D eigenvalue weighted by molar-refractivity contribution is 0.820. The molecule has 1 unspecified atom stereocenters. The number of hydrogen-bond acceptors (Lipinski definition) is 2. The number of nitrogens with two attached hydrogens (primary N) is 1. The number of hydrogen-bond donors (Lipinski definition) is 1. The Morgan fingerprint density at radius 2 is 2.00 bits per heavy atom. The molecule has 0 saturated heterocycles. The van der Waals surface area contributed by atoms with Crippen molar-refractivity contribution in [2.75, 3.05) is 12.0 Å². The van der Waals surface area contributed by atoms with E-state index in [1.165, 1.54) is 29.5 Å². The van der Waals surface area contributed by atoms with Crippen LogP contribution >= 0.6 is 11.8 Å². The highest BCUT2D eigenvalue weighted by Gasteiger charge is 2.08. The van der Waals surface area contributed by atoms with Crippen molar-refractivity contribution in [2.45, 2.75) is 39.2 Å². The molecule has 0 aliphatic rings. The van der Waals surface area contributed by atoms with Crippen LogP contribution in [0.15, 0.2) is 18.2 Å². The van der Waals surface area contributed by atoms with Gasteiger partial charge in [0.25, 0.3) is 0 Å². The monoisotopic (exact) mass is 237 g/mol. The van der Waals surface area contributed by atoms with Gasteiger partial charge in [0, 0.05) is 11.8 Å². The van der Waals surface area contributed by atoms with Gasteiger partial charge in [-0.3, -0.25) is 0 Å². The minimum Gasteiger partial charge on any atom is -0.323 e. The fraction of sp³-hybridized carbons (Fsp3) is 0.571. The first kappa shape index (κ1) is 13.6. The van der Waals surface area contributed by atoms with Crippen LogP contribution < -0.4 is 5.73 Å². The van der Waals surface area contributed by atoms with Crippen molar-refractivity contribution in [3.05, 3.63) is 34.9 Å². The molecule has 0 fully saturated rings. The molecule has 2 heteroatoms. The molecule has 0 amide bonds. The van der Waals surface area contributed by atoms with Crippen molar-refractivity contribution < 1.29 is 0 Å². The number of thioether (sulfide) groups is 1. The lowest BCUT2D eigenvalue weighted by Gasteiger charge is -2.14. The first-order valence-electron chi connectivity index (χ1n) is 6.09. The van der Waals surface area contributed by atoms with E-state index in [1.54, 1.807) is 0 Å². The summed E-state index contributed by atoms with van der Waals surface area (Å²) in [6, 6.07) is 6.93. The summed E-state index contributed by atoms with van der Waals surface area (Å²) < 4.78 is 0. The van der Waals surface area contributed by atoms with Crippen LogP contribution in [0, 0.1) is 0 Å². The molecule has 1 nitrogen and oxygen atoms in total. The zero-order valence-corrected chi connectivity index (χ0v) is 11.4. The van der Waals surface area contributed by atoms with E-state index < -0.39 is 0 Å². The lowest BCUT2D eigenvalue weighted by atomic mass is 9.96. The summed E-state index contributed by atoms with van der Waals surface area (Å²) in [4.78, 5) is 0. The smallest absolute Gasteiger partial charge is 0.0386 e. The third-order valence-corrected chi connectivity index (χ3v) is 3.60. The standard InChI is InChI=1S/C14H23NS/c1-4-6-12-9-13(14(15)10-16-3)8-7-11(12)5-2/h7-9,14H,4-6,10,15H2,1-3H3. The molecule has 0 heterocycles. The van der Waals surface area contributed by atoms with Crippen LogP contribution in [0.3, 0.4) is 0 Å². The van der Waals surface area contributed by atoms with Gasteiger partial charge in [-0.2, -0.15) is 11.8 Å². The quantitative estimate of drug-likeness (QED) is 0.818. The largest absolute Gasteiger partial charge is 0.323 e. The molecule has 0 bridgehead atoms.